The molecular formula is C15H14ClFN2O. The summed E-state index contributed by atoms with van der Waals surface area (Å²) in [5.74, 6) is 0.533. The average molecular weight is 293 g/mol. The van der Waals surface area contributed by atoms with Gasteiger partial charge in [-0.3, -0.25) is 9.88 Å². The highest BCUT2D eigenvalue weighted by molar-refractivity contribution is 6.31. The number of ether oxygens (including phenoxy) is 1. The minimum atomic E-state index is -0.304. The molecule has 3 nitrogen and oxygen atoms in total. The maximum absolute atomic E-state index is 13.0. The Morgan fingerprint density at radius 3 is 2.70 bits per heavy atom. The normalized spacial score (nSPS) is 15.9. The third-order valence-electron chi connectivity index (χ3n) is 3.29. The van der Waals surface area contributed by atoms with Crippen LogP contribution in [0.5, 0.6) is 5.75 Å². The minimum absolute atomic E-state index is 0.191. The SMILES string of the molecule is Fc1ccc(CN2CC(Oc3ccncc3)C2)c(Cl)c1. The van der Waals surface area contributed by atoms with Crippen molar-refractivity contribution in [1.82, 2.24) is 9.88 Å². The van der Waals surface area contributed by atoms with E-state index >= 15 is 0 Å². The standard InChI is InChI=1S/C15H14ClFN2O/c16-15-7-12(17)2-1-11(15)8-19-9-14(10-19)20-13-3-5-18-6-4-13/h1-7,14H,8-10H2. The summed E-state index contributed by atoms with van der Waals surface area (Å²) in [6.07, 6.45) is 3.62. The highest BCUT2D eigenvalue weighted by Crippen LogP contribution is 2.23. The largest absolute Gasteiger partial charge is 0.488 e. The Bertz CT molecular complexity index is 588. The first-order valence-electron chi connectivity index (χ1n) is 6.43. The van der Waals surface area contributed by atoms with Gasteiger partial charge in [0, 0.05) is 37.1 Å². The number of rotatable bonds is 4. The summed E-state index contributed by atoms with van der Waals surface area (Å²) in [7, 11) is 0. The fourth-order valence-corrected chi connectivity index (χ4v) is 2.45. The van der Waals surface area contributed by atoms with Crippen LogP contribution >= 0.6 is 11.6 Å². The van der Waals surface area contributed by atoms with Crippen molar-refractivity contribution in [2.45, 2.75) is 12.6 Å². The van der Waals surface area contributed by atoms with Crippen LogP contribution in [0.4, 0.5) is 4.39 Å². The molecule has 1 saturated heterocycles. The third kappa shape index (κ3) is 3.08. The lowest BCUT2D eigenvalue weighted by molar-refractivity contribution is 0.0145. The fraction of sp³-hybridized carbons (Fsp3) is 0.267. The second-order valence-electron chi connectivity index (χ2n) is 4.85. The topological polar surface area (TPSA) is 25.4 Å². The molecule has 1 aliphatic rings. The van der Waals surface area contributed by atoms with Crippen molar-refractivity contribution in [2.24, 2.45) is 0 Å². The van der Waals surface area contributed by atoms with E-state index in [1.807, 2.05) is 12.1 Å². The van der Waals surface area contributed by atoms with E-state index in [9.17, 15) is 4.39 Å². The molecule has 1 aromatic carbocycles. The number of hydrogen-bond donors (Lipinski definition) is 0. The van der Waals surface area contributed by atoms with Crippen LogP contribution in [0, 0.1) is 5.82 Å². The van der Waals surface area contributed by atoms with Gasteiger partial charge in [0.2, 0.25) is 0 Å². The summed E-state index contributed by atoms with van der Waals surface area (Å²) >= 11 is 6.02. The number of halogens is 2. The molecule has 0 saturated carbocycles. The number of aromatic nitrogens is 1. The summed E-state index contributed by atoms with van der Waals surface area (Å²) in [6, 6.07) is 8.21. The highest BCUT2D eigenvalue weighted by atomic mass is 35.5. The molecule has 0 amide bonds. The number of benzene rings is 1. The van der Waals surface area contributed by atoms with E-state index in [4.69, 9.17) is 16.3 Å². The van der Waals surface area contributed by atoms with Gasteiger partial charge in [-0.05, 0) is 29.8 Å². The maximum atomic E-state index is 13.0. The first kappa shape index (κ1) is 13.3. The molecule has 1 aliphatic heterocycles. The Labute approximate surface area is 122 Å². The van der Waals surface area contributed by atoms with Gasteiger partial charge in [-0.2, -0.15) is 0 Å². The Balaban J connectivity index is 1.51. The van der Waals surface area contributed by atoms with E-state index in [-0.39, 0.29) is 11.9 Å². The van der Waals surface area contributed by atoms with Crippen LogP contribution in [0.3, 0.4) is 0 Å². The third-order valence-corrected chi connectivity index (χ3v) is 3.64. The smallest absolute Gasteiger partial charge is 0.124 e. The monoisotopic (exact) mass is 292 g/mol. The lowest BCUT2D eigenvalue weighted by Crippen LogP contribution is -2.53. The van der Waals surface area contributed by atoms with Crippen LogP contribution in [-0.2, 0) is 6.54 Å². The molecule has 0 bridgehead atoms. The lowest BCUT2D eigenvalue weighted by Gasteiger charge is -2.39. The van der Waals surface area contributed by atoms with Gasteiger partial charge in [-0.1, -0.05) is 17.7 Å². The zero-order valence-electron chi connectivity index (χ0n) is 10.8. The average Bonchev–Trinajstić information content (AvgIpc) is 2.40. The van der Waals surface area contributed by atoms with Crippen molar-refractivity contribution in [3.05, 3.63) is 59.1 Å². The van der Waals surface area contributed by atoms with Crippen LogP contribution in [0.1, 0.15) is 5.56 Å². The zero-order chi connectivity index (χ0) is 13.9. The van der Waals surface area contributed by atoms with Crippen LogP contribution in [0.25, 0.3) is 0 Å². The summed E-state index contributed by atoms with van der Waals surface area (Å²) < 4.78 is 18.8. The molecule has 0 aliphatic carbocycles. The summed E-state index contributed by atoms with van der Waals surface area (Å²) in [5.41, 5.74) is 0.940. The molecule has 1 aromatic heterocycles. The van der Waals surface area contributed by atoms with Crippen molar-refractivity contribution in [3.63, 3.8) is 0 Å². The van der Waals surface area contributed by atoms with E-state index < -0.39 is 0 Å². The Morgan fingerprint density at radius 2 is 2.00 bits per heavy atom. The minimum Gasteiger partial charge on any atom is -0.488 e. The molecule has 3 rings (SSSR count). The van der Waals surface area contributed by atoms with Crippen molar-refractivity contribution < 1.29 is 9.13 Å². The molecule has 2 aromatic rings. The lowest BCUT2D eigenvalue weighted by atomic mass is 10.1. The first-order chi connectivity index (χ1) is 9.70. The number of pyridine rings is 1. The van der Waals surface area contributed by atoms with Gasteiger partial charge in [0.05, 0.1) is 0 Å². The van der Waals surface area contributed by atoms with Crippen molar-refractivity contribution in [1.29, 1.82) is 0 Å². The molecule has 0 radical (unpaired) electrons. The summed E-state index contributed by atoms with van der Waals surface area (Å²) in [4.78, 5) is 6.16. The van der Waals surface area contributed by atoms with Crippen molar-refractivity contribution in [3.8, 4) is 5.75 Å². The quantitative estimate of drug-likeness (QED) is 0.866. The summed E-state index contributed by atoms with van der Waals surface area (Å²) in [6.45, 7) is 2.40. The number of nitrogens with zero attached hydrogens (tertiary/aromatic N) is 2. The molecule has 0 atom stereocenters. The highest BCUT2D eigenvalue weighted by Gasteiger charge is 2.28. The second kappa shape index (κ2) is 5.77. The maximum Gasteiger partial charge on any atom is 0.124 e. The predicted molar refractivity (Wildman–Crippen MR) is 75.3 cm³/mol. The van der Waals surface area contributed by atoms with Gasteiger partial charge >= 0.3 is 0 Å². The van der Waals surface area contributed by atoms with Gasteiger partial charge < -0.3 is 4.74 Å². The van der Waals surface area contributed by atoms with E-state index in [2.05, 4.69) is 9.88 Å². The zero-order valence-corrected chi connectivity index (χ0v) is 11.6. The van der Waals surface area contributed by atoms with Gasteiger partial charge in [0.25, 0.3) is 0 Å². The van der Waals surface area contributed by atoms with E-state index in [1.54, 1.807) is 18.5 Å². The van der Waals surface area contributed by atoms with Crippen LogP contribution in [-0.4, -0.2) is 29.1 Å². The first-order valence-corrected chi connectivity index (χ1v) is 6.81. The molecule has 0 spiro atoms. The predicted octanol–water partition coefficient (Wildman–Crippen LogP) is 3.14. The number of likely N-dealkylation sites (tertiary alicyclic amines) is 1. The van der Waals surface area contributed by atoms with Crippen LogP contribution in [0.2, 0.25) is 5.02 Å². The van der Waals surface area contributed by atoms with Crippen LogP contribution < -0.4 is 4.74 Å². The molecule has 0 unspecified atom stereocenters. The Morgan fingerprint density at radius 1 is 1.25 bits per heavy atom. The fourth-order valence-electron chi connectivity index (χ4n) is 2.23. The Kier molecular flexibility index (Phi) is 3.85. The van der Waals surface area contributed by atoms with E-state index in [0.29, 0.717) is 5.02 Å². The molecule has 104 valence electrons. The molecular weight excluding hydrogens is 279 g/mol. The second-order valence-corrected chi connectivity index (χ2v) is 5.26. The van der Waals surface area contributed by atoms with E-state index in [0.717, 1.165) is 30.9 Å². The number of hydrogen-bond acceptors (Lipinski definition) is 3. The van der Waals surface area contributed by atoms with Gasteiger partial charge in [-0.25, -0.2) is 4.39 Å². The van der Waals surface area contributed by atoms with Crippen molar-refractivity contribution in [2.75, 3.05) is 13.1 Å². The Hall–Kier alpha value is -1.65. The molecule has 1 fully saturated rings. The molecule has 5 heteroatoms. The molecule has 2 heterocycles. The molecule has 20 heavy (non-hydrogen) atoms. The van der Waals surface area contributed by atoms with Crippen molar-refractivity contribution >= 4 is 11.6 Å². The van der Waals surface area contributed by atoms with Crippen LogP contribution in [0.15, 0.2) is 42.7 Å². The van der Waals surface area contributed by atoms with Gasteiger partial charge in [-0.15, -0.1) is 0 Å². The van der Waals surface area contributed by atoms with Gasteiger partial charge in [0.1, 0.15) is 17.7 Å². The molecule has 0 N–H and O–H groups in total. The van der Waals surface area contributed by atoms with E-state index in [1.165, 1.54) is 12.1 Å². The van der Waals surface area contributed by atoms with Gasteiger partial charge in [0.15, 0.2) is 0 Å². The summed E-state index contributed by atoms with van der Waals surface area (Å²) in [5, 5.41) is 0.475.